The van der Waals surface area contributed by atoms with Crippen LogP contribution in [-0.2, 0) is 19.1 Å². The molecule has 0 unspecified atom stereocenters. The number of nitrogens with two attached hydrogens (primary N) is 1. The number of amides is 2. The maximum Gasteiger partial charge on any atom is 0.246 e. The summed E-state index contributed by atoms with van der Waals surface area (Å²) >= 11 is 0. The van der Waals surface area contributed by atoms with Crippen LogP contribution in [0.3, 0.4) is 0 Å². The highest BCUT2D eigenvalue weighted by Gasteiger charge is 2.20. The van der Waals surface area contributed by atoms with Crippen molar-refractivity contribution in [1.82, 2.24) is 5.32 Å². The van der Waals surface area contributed by atoms with Gasteiger partial charge in [0, 0.05) is 13.0 Å². The topological polar surface area (TPSA) is 114 Å². The minimum Gasteiger partial charge on any atom is -0.382 e. The lowest BCUT2D eigenvalue weighted by atomic mass is 10.0. The van der Waals surface area contributed by atoms with Crippen molar-refractivity contribution in [3.8, 4) is 6.07 Å². The Morgan fingerprint density at radius 3 is 2.61 bits per heavy atom. The Hall–Kier alpha value is -1.65. The monoisotopic (exact) mass is 257 g/mol. The molecule has 0 bridgehead atoms. The van der Waals surface area contributed by atoms with E-state index < -0.39 is 17.9 Å². The average Bonchev–Trinajstić information content (AvgIpc) is 2.33. The van der Waals surface area contributed by atoms with E-state index in [0.29, 0.717) is 13.2 Å². The average molecular weight is 257 g/mol. The van der Waals surface area contributed by atoms with Crippen molar-refractivity contribution >= 4 is 11.8 Å². The molecule has 0 aliphatic rings. The van der Waals surface area contributed by atoms with Gasteiger partial charge in [-0.1, -0.05) is 0 Å². The number of primary amides is 1. The highest BCUT2D eigenvalue weighted by molar-refractivity contribution is 5.87. The van der Waals surface area contributed by atoms with Crippen LogP contribution < -0.4 is 11.1 Å². The molecule has 0 aromatic rings. The lowest BCUT2D eigenvalue weighted by Gasteiger charge is -2.16. The first-order valence-corrected chi connectivity index (χ1v) is 5.56. The highest BCUT2D eigenvalue weighted by atomic mass is 16.5. The van der Waals surface area contributed by atoms with E-state index in [1.807, 2.05) is 6.07 Å². The van der Waals surface area contributed by atoms with E-state index in [9.17, 15) is 9.59 Å². The minimum absolute atomic E-state index is 0.173. The van der Waals surface area contributed by atoms with Gasteiger partial charge in [-0.15, -0.1) is 0 Å². The molecule has 102 valence electrons. The van der Waals surface area contributed by atoms with Gasteiger partial charge < -0.3 is 20.5 Å². The van der Waals surface area contributed by atoms with Crippen molar-refractivity contribution in [2.24, 2.45) is 11.7 Å². The summed E-state index contributed by atoms with van der Waals surface area (Å²) in [5.41, 5.74) is 5.14. The second kappa shape index (κ2) is 9.39. The van der Waals surface area contributed by atoms with Crippen molar-refractivity contribution < 1.29 is 19.1 Å². The number of carbonyl (C=O) groups excluding carboxylic acids is 2. The summed E-state index contributed by atoms with van der Waals surface area (Å²) in [6.45, 7) is 2.16. The normalized spacial score (nSPS) is 13.4. The molecule has 2 amide bonds. The third-order valence-electron chi connectivity index (χ3n) is 2.15. The fourth-order valence-corrected chi connectivity index (χ4v) is 1.20. The fourth-order valence-electron chi connectivity index (χ4n) is 1.20. The maximum absolute atomic E-state index is 11.4. The van der Waals surface area contributed by atoms with E-state index in [1.165, 1.54) is 7.11 Å². The number of nitriles is 1. The van der Waals surface area contributed by atoms with Gasteiger partial charge in [0.15, 0.2) is 0 Å². The summed E-state index contributed by atoms with van der Waals surface area (Å²) in [4.78, 5) is 22.5. The quantitative estimate of drug-likeness (QED) is 0.523. The second-order valence-electron chi connectivity index (χ2n) is 3.83. The van der Waals surface area contributed by atoms with Crippen LogP contribution in [0.4, 0.5) is 0 Å². The Labute approximate surface area is 106 Å². The SMILES string of the molecule is COCCOCC(=O)N[C@@H](C[C@@H](C)C#N)C(N)=O. The summed E-state index contributed by atoms with van der Waals surface area (Å²) in [5, 5.41) is 11.1. The Balaban J connectivity index is 4.05. The van der Waals surface area contributed by atoms with Crippen molar-refractivity contribution in [2.75, 3.05) is 26.9 Å². The zero-order chi connectivity index (χ0) is 14.0. The smallest absolute Gasteiger partial charge is 0.246 e. The molecule has 0 aliphatic carbocycles. The van der Waals surface area contributed by atoms with Crippen LogP contribution in [0.2, 0.25) is 0 Å². The van der Waals surface area contributed by atoms with Gasteiger partial charge in [0.2, 0.25) is 11.8 Å². The summed E-state index contributed by atoms with van der Waals surface area (Å²) in [7, 11) is 1.52. The standard InChI is InChI=1S/C11H19N3O4/c1-8(6-12)5-9(11(13)16)14-10(15)7-18-4-3-17-2/h8-9H,3-5,7H2,1-2H3,(H2,13,16)(H,14,15)/t8-,9+/m1/s1. The van der Waals surface area contributed by atoms with Gasteiger partial charge in [-0.3, -0.25) is 9.59 Å². The number of carbonyl (C=O) groups is 2. The first-order valence-electron chi connectivity index (χ1n) is 5.56. The van der Waals surface area contributed by atoms with Crippen molar-refractivity contribution in [2.45, 2.75) is 19.4 Å². The number of hydrogen-bond acceptors (Lipinski definition) is 5. The predicted molar refractivity (Wildman–Crippen MR) is 63.2 cm³/mol. The molecule has 0 radical (unpaired) electrons. The van der Waals surface area contributed by atoms with Gasteiger partial charge in [0.05, 0.1) is 19.3 Å². The van der Waals surface area contributed by atoms with Crippen LogP contribution in [0.5, 0.6) is 0 Å². The molecule has 0 aromatic carbocycles. The Kier molecular flexibility index (Phi) is 8.53. The van der Waals surface area contributed by atoms with Gasteiger partial charge in [0.1, 0.15) is 12.6 Å². The molecule has 0 saturated carbocycles. The molecule has 0 rings (SSSR count). The number of nitrogens with zero attached hydrogens (tertiary/aromatic N) is 1. The predicted octanol–water partition coefficient (Wildman–Crippen LogP) is -0.831. The highest BCUT2D eigenvalue weighted by Crippen LogP contribution is 2.04. The maximum atomic E-state index is 11.4. The van der Waals surface area contributed by atoms with Gasteiger partial charge in [-0.2, -0.15) is 5.26 Å². The van der Waals surface area contributed by atoms with Gasteiger partial charge in [-0.05, 0) is 13.3 Å². The molecule has 18 heavy (non-hydrogen) atoms. The fraction of sp³-hybridized carbons (Fsp3) is 0.727. The van der Waals surface area contributed by atoms with Crippen LogP contribution in [0, 0.1) is 17.2 Å². The van der Waals surface area contributed by atoms with E-state index in [-0.39, 0.29) is 18.9 Å². The zero-order valence-corrected chi connectivity index (χ0v) is 10.6. The van der Waals surface area contributed by atoms with Gasteiger partial charge in [-0.25, -0.2) is 0 Å². The van der Waals surface area contributed by atoms with Gasteiger partial charge in [0.25, 0.3) is 0 Å². The first-order chi connectivity index (χ1) is 8.51. The molecule has 2 atom stereocenters. The molecule has 7 nitrogen and oxygen atoms in total. The van der Waals surface area contributed by atoms with Crippen molar-refractivity contribution in [3.05, 3.63) is 0 Å². The molecule has 3 N–H and O–H groups in total. The number of methoxy groups -OCH3 is 1. The van der Waals surface area contributed by atoms with E-state index in [2.05, 4.69) is 5.32 Å². The largest absolute Gasteiger partial charge is 0.382 e. The van der Waals surface area contributed by atoms with E-state index in [4.69, 9.17) is 20.5 Å². The van der Waals surface area contributed by atoms with E-state index in [1.54, 1.807) is 6.92 Å². The van der Waals surface area contributed by atoms with Crippen molar-refractivity contribution in [1.29, 1.82) is 5.26 Å². The molecule has 0 spiro atoms. The summed E-state index contributed by atoms with van der Waals surface area (Å²) < 4.78 is 9.74. The molecule has 0 aromatic heterocycles. The minimum atomic E-state index is -0.849. The van der Waals surface area contributed by atoms with Gasteiger partial charge >= 0.3 is 0 Å². The Morgan fingerprint density at radius 2 is 2.11 bits per heavy atom. The van der Waals surface area contributed by atoms with E-state index in [0.717, 1.165) is 0 Å². The van der Waals surface area contributed by atoms with Crippen LogP contribution in [0.15, 0.2) is 0 Å². The van der Waals surface area contributed by atoms with Crippen LogP contribution >= 0.6 is 0 Å². The lowest BCUT2D eigenvalue weighted by Crippen LogP contribution is -2.46. The van der Waals surface area contributed by atoms with Crippen molar-refractivity contribution in [3.63, 3.8) is 0 Å². The number of nitrogens with one attached hydrogen (secondary N) is 1. The second-order valence-corrected chi connectivity index (χ2v) is 3.83. The van der Waals surface area contributed by atoms with Crippen LogP contribution in [-0.4, -0.2) is 44.8 Å². The third kappa shape index (κ3) is 7.60. The third-order valence-corrected chi connectivity index (χ3v) is 2.15. The molecule has 0 saturated heterocycles. The van der Waals surface area contributed by atoms with Crippen LogP contribution in [0.1, 0.15) is 13.3 Å². The molecular formula is C11H19N3O4. The Morgan fingerprint density at radius 1 is 1.44 bits per heavy atom. The molecule has 7 heteroatoms. The number of ether oxygens (including phenoxy) is 2. The first kappa shape index (κ1) is 16.4. The van der Waals surface area contributed by atoms with Crippen LogP contribution in [0.25, 0.3) is 0 Å². The molecule has 0 heterocycles. The summed E-state index contributed by atoms with van der Waals surface area (Å²) in [5.74, 6) is -1.47. The number of rotatable bonds is 9. The zero-order valence-electron chi connectivity index (χ0n) is 10.6. The lowest BCUT2D eigenvalue weighted by molar-refractivity contribution is -0.130. The molecular weight excluding hydrogens is 238 g/mol. The molecule has 0 fully saturated rings. The summed E-state index contributed by atoms with van der Waals surface area (Å²) in [6, 6.07) is 1.13. The summed E-state index contributed by atoms with van der Waals surface area (Å²) in [6.07, 6.45) is 0.190. The van der Waals surface area contributed by atoms with E-state index >= 15 is 0 Å². The Bertz CT molecular complexity index is 314. The molecule has 0 aliphatic heterocycles. The number of hydrogen-bond donors (Lipinski definition) is 2.